The molecule has 5 rings (SSSR count). The minimum absolute atomic E-state index is 0.163. The first kappa shape index (κ1) is 23.7. The van der Waals surface area contributed by atoms with Crippen LogP contribution in [0.25, 0.3) is 0 Å². The first-order chi connectivity index (χ1) is 15.2. The van der Waals surface area contributed by atoms with E-state index >= 15 is 0 Å². The fourth-order valence-corrected chi connectivity index (χ4v) is 10.4. The SMILES string of the molecule is CC1(C)C(C#C[Si](C)(C)C)=CCC2(C)C1CCC1(C)C2CCC2C3=CC(=O)CC3CCC21C. The number of hydrogen-bond acceptors (Lipinski definition) is 1. The molecule has 0 aromatic carbocycles. The van der Waals surface area contributed by atoms with Gasteiger partial charge in [-0.15, -0.1) is 5.54 Å². The third-order valence-corrected chi connectivity index (χ3v) is 12.6. The molecule has 0 heterocycles. The van der Waals surface area contributed by atoms with Gasteiger partial charge >= 0.3 is 0 Å². The molecular formula is C31H46OSi. The maximum absolute atomic E-state index is 12.3. The number of rotatable bonds is 0. The van der Waals surface area contributed by atoms with Crippen LogP contribution in [-0.4, -0.2) is 13.9 Å². The molecule has 180 valence electrons. The summed E-state index contributed by atoms with van der Waals surface area (Å²) >= 11 is 0. The summed E-state index contributed by atoms with van der Waals surface area (Å²) in [6.45, 7) is 20.0. The van der Waals surface area contributed by atoms with Crippen LogP contribution in [0.15, 0.2) is 23.3 Å². The van der Waals surface area contributed by atoms with Gasteiger partial charge in [-0.05, 0) is 90.9 Å². The van der Waals surface area contributed by atoms with E-state index in [4.69, 9.17) is 0 Å². The molecule has 1 nitrogen and oxygen atoms in total. The summed E-state index contributed by atoms with van der Waals surface area (Å²) in [6, 6.07) is 0. The number of carbonyl (C=O) groups is 1. The van der Waals surface area contributed by atoms with E-state index in [0.29, 0.717) is 39.8 Å². The van der Waals surface area contributed by atoms with E-state index in [0.717, 1.165) is 12.3 Å². The van der Waals surface area contributed by atoms with E-state index in [1.807, 2.05) is 0 Å². The zero-order chi connectivity index (χ0) is 24.0. The van der Waals surface area contributed by atoms with Crippen LogP contribution in [0.4, 0.5) is 0 Å². The molecule has 33 heavy (non-hydrogen) atoms. The van der Waals surface area contributed by atoms with Gasteiger partial charge in [0, 0.05) is 17.4 Å². The Labute approximate surface area is 204 Å². The van der Waals surface area contributed by atoms with E-state index in [2.05, 4.69) is 77.9 Å². The molecule has 5 aliphatic carbocycles. The van der Waals surface area contributed by atoms with Crippen molar-refractivity contribution < 1.29 is 4.79 Å². The fraction of sp³-hybridized carbons (Fsp3) is 0.774. The summed E-state index contributed by atoms with van der Waals surface area (Å²) in [5.41, 5.74) is 7.86. The number of allylic oxidation sites excluding steroid dienone is 4. The highest BCUT2D eigenvalue weighted by Gasteiger charge is 2.67. The summed E-state index contributed by atoms with van der Waals surface area (Å²) in [4.78, 5) is 12.3. The summed E-state index contributed by atoms with van der Waals surface area (Å²) in [5, 5.41) is 0. The Bertz CT molecular complexity index is 996. The molecule has 0 saturated heterocycles. The van der Waals surface area contributed by atoms with E-state index < -0.39 is 8.07 Å². The molecule has 3 saturated carbocycles. The predicted octanol–water partition coefficient (Wildman–Crippen LogP) is 7.99. The second-order valence-corrected chi connectivity index (χ2v) is 19.5. The molecular weight excluding hydrogens is 416 g/mol. The lowest BCUT2D eigenvalue weighted by molar-refractivity contribution is -0.194. The van der Waals surface area contributed by atoms with Gasteiger partial charge in [0.15, 0.2) is 5.78 Å². The highest BCUT2D eigenvalue weighted by atomic mass is 28.3. The van der Waals surface area contributed by atoms with Crippen molar-refractivity contribution in [3.05, 3.63) is 23.3 Å². The van der Waals surface area contributed by atoms with Crippen LogP contribution < -0.4 is 0 Å². The van der Waals surface area contributed by atoms with E-state index in [1.54, 1.807) is 5.57 Å². The molecule has 0 bridgehead atoms. The predicted molar refractivity (Wildman–Crippen MR) is 141 cm³/mol. The Morgan fingerprint density at radius 3 is 2.30 bits per heavy atom. The lowest BCUT2D eigenvalue weighted by Crippen LogP contribution is -2.63. The first-order valence-electron chi connectivity index (χ1n) is 13.7. The zero-order valence-electron chi connectivity index (χ0n) is 22.5. The van der Waals surface area contributed by atoms with Crippen LogP contribution in [0.5, 0.6) is 0 Å². The third-order valence-electron chi connectivity index (χ3n) is 11.7. The van der Waals surface area contributed by atoms with Crippen molar-refractivity contribution in [3.63, 3.8) is 0 Å². The van der Waals surface area contributed by atoms with Crippen molar-refractivity contribution in [1.82, 2.24) is 0 Å². The minimum Gasteiger partial charge on any atom is -0.295 e. The van der Waals surface area contributed by atoms with Gasteiger partial charge in [0.2, 0.25) is 0 Å². The smallest absolute Gasteiger partial charge is 0.156 e. The fourth-order valence-electron chi connectivity index (χ4n) is 9.86. The Hall–Kier alpha value is -1.07. The number of ketones is 1. The highest BCUT2D eigenvalue weighted by Crippen LogP contribution is 2.74. The van der Waals surface area contributed by atoms with Gasteiger partial charge in [-0.25, -0.2) is 0 Å². The minimum atomic E-state index is -1.38. The lowest BCUT2D eigenvalue weighted by atomic mass is 9.34. The highest BCUT2D eigenvalue weighted by molar-refractivity contribution is 6.83. The summed E-state index contributed by atoms with van der Waals surface area (Å²) < 4.78 is 0. The number of carbonyl (C=O) groups excluding carboxylic acids is 1. The van der Waals surface area contributed by atoms with Crippen LogP contribution in [0.1, 0.15) is 86.0 Å². The van der Waals surface area contributed by atoms with Crippen molar-refractivity contribution in [2.75, 3.05) is 0 Å². The van der Waals surface area contributed by atoms with Crippen LogP contribution >= 0.6 is 0 Å². The maximum atomic E-state index is 12.3. The molecule has 0 N–H and O–H groups in total. The van der Waals surface area contributed by atoms with Crippen LogP contribution in [0.3, 0.4) is 0 Å². The van der Waals surface area contributed by atoms with E-state index in [-0.39, 0.29) is 5.41 Å². The summed E-state index contributed by atoms with van der Waals surface area (Å²) in [5.74, 6) is 6.77. The summed E-state index contributed by atoms with van der Waals surface area (Å²) in [7, 11) is -1.38. The average molecular weight is 463 g/mol. The van der Waals surface area contributed by atoms with Crippen molar-refractivity contribution >= 4 is 13.9 Å². The largest absolute Gasteiger partial charge is 0.295 e. The molecule has 0 aromatic heterocycles. The topological polar surface area (TPSA) is 17.1 Å². The molecule has 0 radical (unpaired) electrons. The van der Waals surface area contributed by atoms with Gasteiger partial charge in [0.1, 0.15) is 8.07 Å². The normalized spacial score (nSPS) is 46.0. The molecule has 5 aliphatic rings. The molecule has 2 heteroatoms. The van der Waals surface area contributed by atoms with Gasteiger partial charge in [-0.3, -0.25) is 4.79 Å². The van der Waals surface area contributed by atoms with Crippen molar-refractivity contribution in [1.29, 1.82) is 0 Å². The molecule has 3 fully saturated rings. The van der Waals surface area contributed by atoms with E-state index in [9.17, 15) is 4.79 Å². The molecule has 0 aromatic rings. The molecule has 7 atom stereocenters. The third kappa shape index (κ3) is 3.27. The van der Waals surface area contributed by atoms with Crippen LogP contribution in [0, 0.1) is 56.8 Å². The zero-order valence-corrected chi connectivity index (χ0v) is 23.5. The quantitative estimate of drug-likeness (QED) is 0.263. The van der Waals surface area contributed by atoms with Gasteiger partial charge in [0.25, 0.3) is 0 Å². The van der Waals surface area contributed by atoms with Crippen molar-refractivity contribution in [2.45, 2.75) is 106 Å². The van der Waals surface area contributed by atoms with Gasteiger partial charge in [-0.2, -0.15) is 0 Å². The van der Waals surface area contributed by atoms with Crippen molar-refractivity contribution in [2.24, 2.45) is 45.3 Å². The Morgan fingerprint density at radius 1 is 0.909 bits per heavy atom. The number of hydrogen-bond donors (Lipinski definition) is 0. The number of fused-ring (bicyclic) bond motifs is 7. The second-order valence-electron chi connectivity index (χ2n) is 14.7. The van der Waals surface area contributed by atoms with Crippen LogP contribution in [0.2, 0.25) is 19.6 Å². The monoisotopic (exact) mass is 462 g/mol. The molecule has 0 aliphatic heterocycles. The standard InChI is InChI=1S/C31H46OSi/c1-28(2)22(14-18-33(6,7)8)12-15-29(3)26(28)13-17-31(5)27(29)10-9-25-24-20-23(32)19-21(24)11-16-30(25,31)4/h12,20-21,25-27H,9-11,13,15-17,19H2,1-8H3. The van der Waals surface area contributed by atoms with E-state index in [1.165, 1.54) is 50.5 Å². The van der Waals surface area contributed by atoms with Gasteiger partial charge in [0.05, 0.1) is 0 Å². The lowest BCUT2D eigenvalue weighted by Gasteiger charge is -2.70. The molecule has 0 amide bonds. The van der Waals surface area contributed by atoms with Crippen molar-refractivity contribution in [3.8, 4) is 11.5 Å². The maximum Gasteiger partial charge on any atom is 0.156 e. The van der Waals surface area contributed by atoms with Crippen LogP contribution in [-0.2, 0) is 4.79 Å². The Morgan fingerprint density at radius 2 is 1.61 bits per heavy atom. The van der Waals surface area contributed by atoms with Gasteiger partial charge < -0.3 is 0 Å². The first-order valence-corrected chi connectivity index (χ1v) is 17.2. The van der Waals surface area contributed by atoms with Gasteiger partial charge in [-0.1, -0.05) is 71.8 Å². The Kier molecular flexibility index (Phi) is 5.18. The summed E-state index contributed by atoms with van der Waals surface area (Å²) in [6.07, 6.45) is 14.5. The second kappa shape index (κ2) is 7.22. The molecule has 0 spiro atoms. The Balaban J connectivity index is 1.52. The molecule has 7 unspecified atom stereocenters. The average Bonchev–Trinajstić information content (AvgIpc) is 3.07.